The maximum atomic E-state index is 4.49. The summed E-state index contributed by atoms with van der Waals surface area (Å²) >= 11 is 0. The molecule has 4 heteroatoms. The van der Waals surface area contributed by atoms with Crippen LogP contribution in [-0.2, 0) is 12.8 Å². The summed E-state index contributed by atoms with van der Waals surface area (Å²) in [6.07, 6.45) is 8.17. The number of nitrogens with one attached hydrogen (secondary N) is 2. The first-order valence-electron chi connectivity index (χ1n) is 9.07. The quantitative estimate of drug-likeness (QED) is 0.463. The highest BCUT2D eigenvalue weighted by Crippen LogP contribution is 2.17. The first-order valence-corrected chi connectivity index (χ1v) is 9.07. The predicted octanol–water partition coefficient (Wildman–Crippen LogP) is 5.03. The van der Waals surface area contributed by atoms with Gasteiger partial charge in [-0.2, -0.15) is 0 Å². The smallest absolute Gasteiger partial charge is 0.137 e. The molecule has 0 unspecified atom stereocenters. The Bertz CT molecular complexity index is 859. The number of H-pyrrole nitrogens is 2. The number of rotatable bonds is 7. The first kappa shape index (κ1) is 16.3. The van der Waals surface area contributed by atoms with Crippen molar-refractivity contribution in [2.45, 2.75) is 25.7 Å². The molecule has 2 aromatic carbocycles. The van der Waals surface area contributed by atoms with E-state index in [4.69, 9.17) is 0 Å². The molecule has 4 rings (SSSR count). The lowest BCUT2D eigenvalue weighted by Gasteiger charge is -1.99. The van der Waals surface area contributed by atoms with E-state index in [2.05, 4.69) is 44.2 Å². The van der Waals surface area contributed by atoms with Crippen LogP contribution in [0, 0.1) is 0 Å². The Hall–Kier alpha value is -3.14. The van der Waals surface area contributed by atoms with Gasteiger partial charge in [0.25, 0.3) is 0 Å². The molecule has 130 valence electrons. The molecular formula is C22H22N4. The molecule has 0 spiro atoms. The number of imidazole rings is 2. The third-order valence-electron chi connectivity index (χ3n) is 4.49. The van der Waals surface area contributed by atoms with Gasteiger partial charge in [-0.25, -0.2) is 9.97 Å². The van der Waals surface area contributed by atoms with Gasteiger partial charge in [-0.1, -0.05) is 60.7 Å². The van der Waals surface area contributed by atoms with Gasteiger partial charge in [-0.3, -0.25) is 0 Å². The van der Waals surface area contributed by atoms with E-state index in [1.807, 2.05) is 48.8 Å². The SMILES string of the molecule is c1ccc(-c2ncc(CCCCc3cnc(-c4ccccc4)[nH]3)[nH]2)cc1. The van der Waals surface area contributed by atoms with Gasteiger partial charge in [0.15, 0.2) is 0 Å². The molecule has 0 radical (unpaired) electrons. The second-order valence-electron chi connectivity index (χ2n) is 6.45. The van der Waals surface area contributed by atoms with Crippen molar-refractivity contribution < 1.29 is 0 Å². The predicted molar refractivity (Wildman–Crippen MR) is 105 cm³/mol. The molecule has 4 aromatic rings. The fraction of sp³-hybridized carbons (Fsp3) is 0.182. The van der Waals surface area contributed by atoms with Crippen molar-refractivity contribution in [2.75, 3.05) is 0 Å². The van der Waals surface area contributed by atoms with Crippen LogP contribution in [0.3, 0.4) is 0 Å². The third-order valence-corrected chi connectivity index (χ3v) is 4.49. The van der Waals surface area contributed by atoms with Gasteiger partial charge in [0.1, 0.15) is 11.6 Å². The van der Waals surface area contributed by atoms with Crippen LogP contribution in [0.5, 0.6) is 0 Å². The van der Waals surface area contributed by atoms with Crippen LogP contribution < -0.4 is 0 Å². The van der Waals surface area contributed by atoms with E-state index >= 15 is 0 Å². The Labute approximate surface area is 153 Å². The van der Waals surface area contributed by atoms with Crippen molar-refractivity contribution in [3.63, 3.8) is 0 Å². The molecule has 0 amide bonds. The zero-order valence-corrected chi connectivity index (χ0v) is 14.7. The van der Waals surface area contributed by atoms with Gasteiger partial charge < -0.3 is 9.97 Å². The molecule has 26 heavy (non-hydrogen) atoms. The van der Waals surface area contributed by atoms with Gasteiger partial charge in [-0.05, 0) is 25.7 Å². The van der Waals surface area contributed by atoms with E-state index in [1.54, 1.807) is 0 Å². The number of unbranched alkanes of at least 4 members (excludes halogenated alkanes) is 1. The monoisotopic (exact) mass is 342 g/mol. The van der Waals surface area contributed by atoms with Crippen LogP contribution in [-0.4, -0.2) is 19.9 Å². The lowest BCUT2D eigenvalue weighted by Crippen LogP contribution is -1.90. The van der Waals surface area contributed by atoms with E-state index in [9.17, 15) is 0 Å². The second kappa shape index (κ2) is 7.83. The van der Waals surface area contributed by atoms with Crippen molar-refractivity contribution in [1.29, 1.82) is 0 Å². The van der Waals surface area contributed by atoms with Gasteiger partial charge in [0.05, 0.1) is 0 Å². The number of aromatic nitrogens is 4. The molecular weight excluding hydrogens is 320 g/mol. The number of benzene rings is 2. The molecule has 2 N–H and O–H groups in total. The van der Waals surface area contributed by atoms with E-state index < -0.39 is 0 Å². The third kappa shape index (κ3) is 3.91. The first-order chi connectivity index (χ1) is 12.9. The Morgan fingerprint density at radius 1 is 0.577 bits per heavy atom. The summed E-state index contributed by atoms with van der Waals surface area (Å²) in [4.78, 5) is 15.8. The molecule has 0 atom stereocenters. The Kier molecular flexibility index (Phi) is 4.92. The standard InChI is InChI=1S/C22H22N4/c1-3-9-17(10-4-1)21-23-15-19(25-21)13-7-8-14-20-16-24-22(26-20)18-11-5-2-6-12-18/h1-6,9-12,15-16H,7-8,13-14H2,(H,23,25)(H,24,26). The minimum atomic E-state index is 0.946. The molecule has 0 aliphatic carbocycles. The zero-order valence-electron chi connectivity index (χ0n) is 14.7. The highest BCUT2D eigenvalue weighted by Gasteiger charge is 2.05. The van der Waals surface area contributed by atoms with Gasteiger partial charge in [0, 0.05) is 34.9 Å². The zero-order chi connectivity index (χ0) is 17.6. The number of aryl methyl sites for hydroxylation is 2. The van der Waals surface area contributed by atoms with Crippen LogP contribution in [0.4, 0.5) is 0 Å². The molecule has 0 fully saturated rings. The lowest BCUT2D eigenvalue weighted by atomic mass is 10.1. The van der Waals surface area contributed by atoms with Crippen LogP contribution in [0.25, 0.3) is 22.8 Å². The van der Waals surface area contributed by atoms with E-state index in [-0.39, 0.29) is 0 Å². The topological polar surface area (TPSA) is 57.4 Å². The van der Waals surface area contributed by atoms with Crippen molar-refractivity contribution in [3.05, 3.63) is 84.4 Å². The highest BCUT2D eigenvalue weighted by atomic mass is 14.9. The summed E-state index contributed by atoms with van der Waals surface area (Å²) in [5.74, 6) is 1.89. The van der Waals surface area contributed by atoms with Crippen molar-refractivity contribution >= 4 is 0 Å². The van der Waals surface area contributed by atoms with Gasteiger partial charge in [0.2, 0.25) is 0 Å². The minimum Gasteiger partial charge on any atom is -0.342 e. The Morgan fingerprint density at radius 3 is 1.42 bits per heavy atom. The minimum absolute atomic E-state index is 0.946. The van der Waals surface area contributed by atoms with Gasteiger partial charge >= 0.3 is 0 Å². The Morgan fingerprint density at radius 2 is 1.00 bits per heavy atom. The molecule has 2 heterocycles. The van der Waals surface area contributed by atoms with Crippen molar-refractivity contribution in [2.24, 2.45) is 0 Å². The molecule has 0 saturated heterocycles. The van der Waals surface area contributed by atoms with Crippen LogP contribution in [0.1, 0.15) is 24.2 Å². The summed E-state index contributed by atoms with van der Waals surface area (Å²) in [7, 11) is 0. The van der Waals surface area contributed by atoms with Crippen LogP contribution >= 0.6 is 0 Å². The average molecular weight is 342 g/mol. The van der Waals surface area contributed by atoms with Crippen molar-refractivity contribution in [3.8, 4) is 22.8 Å². The fourth-order valence-electron chi connectivity index (χ4n) is 3.09. The van der Waals surface area contributed by atoms with Crippen LogP contribution in [0.2, 0.25) is 0 Å². The summed E-state index contributed by atoms with van der Waals surface area (Å²) < 4.78 is 0. The highest BCUT2D eigenvalue weighted by molar-refractivity contribution is 5.55. The summed E-state index contributed by atoms with van der Waals surface area (Å²) in [5, 5.41) is 0. The van der Waals surface area contributed by atoms with Crippen molar-refractivity contribution in [1.82, 2.24) is 19.9 Å². The molecule has 0 aliphatic heterocycles. The number of hydrogen-bond donors (Lipinski definition) is 2. The summed E-state index contributed by atoms with van der Waals surface area (Å²) in [6.45, 7) is 0. The molecule has 0 bridgehead atoms. The fourth-order valence-corrected chi connectivity index (χ4v) is 3.09. The second-order valence-corrected chi connectivity index (χ2v) is 6.45. The number of nitrogens with zero attached hydrogens (tertiary/aromatic N) is 2. The average Bonchev–Trinajstić information content (AvgIpc) is 3.37. The lowest BCUT2D eigenvalue weighted by molar-refractivity contribution is 0.717. The summed E-state index contributed by atoms with van der Waals surface area (Å²) in [6, 6.07) is 20.5. The molecule has 0 aliphatic rings. The maximum absolute atomic E-state index is 4.49. The molecule has 2 aromatic heterocycles. The molecule has 4 nitrogen and oxygen atoms in total. The van der Waals surface area contributed by atoms with E-state index in [1.165, 1.54) is 11.4 Å². The van der Waals surface area contributed by atoms with Crippen LogP contribution in [0.15, 0.2) is 73.1 Å². The normalized spacial score (nSPS) is 10.9. The maximum Gasteiger partial charge on any atom is 0.137 e. The number of aromatic amines is 2. The van der Waals surface area contributed by atoms with Gasteiger partial charge in [-0.15, -0.1) is 0 Å². The number of hydrogen-bond acceptors (Lipinski definition) is 2. The molecule has 0 saturated carbocycles. The van der Waals surface area contributed by atoms with E-state index in [0.717, 1.165) is 48.5 Å². The Balaban J connectivity index is 1.27. The largest absolute Gasteiger partial charge is 0.342 e. The summed E-state index contributed by atoms with van der Waals surface area (Å²) in [5.41, 5.74) is 4.64. The van der Waals surface area contributed by atoms with E-state index in [0.29, 0.717) is 0 Å².